The number of aliphatic hydroxyl groups is 1. The molecule has 0 aromatic heterocycles. The van der Waals surface area contributed by atoms with Gasteiger partial charge in [-0.1, -0.05) is 64.5 Å². The Hall–Kier alpha value is -1.63. The van der Waals surface area contributed by atoms with Gasteiger partial charge in [0.05, 0.1) is 12.7 Å². The second-order valence-electron chi connectivity index (χ2n) is 7.11. The zero-order valence-corrected chi connectivity index (χ0v) is 18.4. The standard InChI is InChI=1S/C23H24BrNO3.ClH/c24-19-10-8-18(9-11-19)23-15-25(12-13-27-23)14-20(26)16-28-22-7-3-5-17-4-1-2-6-21(17)22;/h1-11,20,23,26H,12-16H2;1H. The zero-order chi connectivity index (χ0) is 19.3. The molecule has 0 aliphatic carbocycles. The van der Waals surface area contributed by atoms with Gasteiger partial charge in [0.15, 0.2) is 0 Å². The summed E-state index contributed by atoms with van der Waals surface area (Å²) >= 11 is 3.47. The summed E-state index contributed by atoms with van der Waals surface area (Å²) in [5.41, 5.74) is 1.16. The Balaban J connectivity index is 0.00000240. The van der Waals surface area contributed by atoms with Crippen molar-refractivity contribution in [2.75, 3.05) is 32.8 Å². The second kappa shape index (κ2) is 10.4. The van der Waals surface area contributed by atoms with E-state index in [1.165, 1.54) is 0 Å². The van der Waals surface area contributed by atoms with Crippen LogP contribution in [-0.2, 0) is 4.74 Å². The molecule has 4 nitrogen and oxygen atoms in total. The van der Waals surface area contributed by atoms with Gasteiger partial charge in [0, 0.05) is 29.5 Å². The fourth-order valence-electron chi connectivity index (χ4n) is 3.61. The third-order valence-corrected chi connectivity index (χ3v) is 5.57. The van der Waals surface area contributed by atoms with Crippen LogP contribution in [-0.4, -0.2) is 49.0 Å². The minimum atomic E-state index is -0.553. The van der Waals surface area contributed by atoms with E-state index in [1.807, 2.05) is 42.5 Å². The number of halogens is 2. The summed E-state index contributed by atoms with van der Waals surface area (Å²) in [7, 11) is 0. The molecule has 29 heavy (non-hydrogen) atoms. The lowest BCUT2D eigenvalue weighted by atomic mass is 10.1. The number of rotatable bonds is 6. The van der Waals surface area contributed by atoms with E-state index < -0.39 is 6.10 Å². The molecule has 0 radical (unpaired) electrons. The Morgan fingerprint density at radius 2 is 1.83 bits per heavy atom. The van der Waals surface area contributed by atoms with Crippen molar-refractivity contribution in [3.05, 3.63) is 76.8 Å². The van der Waals surface area contributed by atoms with Gasteiger partial charge in [0.2, 0.25) is 0 Å². The van der Waals surface area contributed by atoms with Crippen LogP contribution in [0.2, 0.25) is 0 Å². The predicted molar refractivity (Wildman–Crippen MR) is 122 cm³/mol. The van der Waals surface area contributed by atoms with Crippen LogP contribution in [0.15, 0.2) is 71.2 Å². The predicted octanol–water partition coefficient (Wildman–Crippen LogP) is 4.84. The molecule has 0 saturated carbocycles. The normalized spacial score (nSPS) is 18.2. The summed E-state index contributed by atoms with van der Waals surface area (Å²) in [6.07, 6.45) is -0.518. The first-order valence-electron chi connectivity index (χ1n) is 9.57. The van der Waals surface area contributed by atoms with Crippen molar-refractivity contribution in [2.45, 2.75) is 12.2 Å². The molecule has 1 fully saturated rings. The first-order chi connectivity index (χ1) is 13.7. The van der Waals surface area contributed by atoms with Gasteiger partial charge in [0.1, 0.15) is 18.5 Å². The maximum Gasteiger partial charge on any atom is 0.127 e. The van der Waals surface area contributed by atoms with E-state index in [0.29, 0.717) is 13.2 Å². The molecule has 1 saturated heterocycles. The van der Waals surface area contributed by atoms with Crippen molar-refractivity contribution in [3.8, 4) is 5.75 Å². The van der Waals surface area contributed by atoms with Gasteiger partial charge >= 0.3 is 0 Å². The number of hydrogen-bond donors (Lipinski definition) is 1. The summed E-state index contributed by atoms with van der Waals surface area (Å²) in [6.45, 7) is 3.10. The van der Waals surface area contributed by atoms with Crippen molar-refractivity contribution in [3.63, 3.8) is 0 Å². The number of fused-ring (bicyclic) bond motifs is 1. The number of β-amino-alcohol motifs (C(OH)–C–C–N with tert-alkyl or cyclic N) is 1. The highest BCUT2D eigenvalue weighted by Crippen LogP contribution is 2.26. The quantitative estimate of drug-likeness (QED) is 0.551. The number of hydrogen-bond acceptors (Lipinski definition) is 4. The van der Waals surface area contributed by atoms with Gasteiger partial charge in [-0.05, 0) is 29.1 Å². The lowest BCUT2D eigenvalue weighted by Gasteiger charge is -2.34. The number of nitrogens with zero attached hydrogens (tertiary/aromatic N) is 1. The van der Waals surface area contributed by atoms with Crippen LogP contribution in [0.1, 0.15) is 11.7 Å². The van der Waals surface area contributed by atoms with Crippen LogP contribution in [0.3, 0.4) is 0 Å². The molecule has 1 aliphatic rings. The molecule has 6 heteroatoms. The van der Waals surface area contributed by atoms with Crippen LogP contribution in [0.5, 0.6) is 5.75 Å². The summed E-state index contributed by atoms with van der Waals surface area (Å²) in [5, 5.41) is 12.7. The molecule has 2 atom stereocenters. The fraction of sp³-hybridized carbons (Fsp3) is 0.304. The van der Waals surface area contributed by atoms with Gasteiger partial charge in [-0.25, -0.2) is 0 Å². The molecule has 0 spiro atoms. The van der Waals surface area contributed by atoms with Crippen molar-refractivity contribution in [1.82, 2.24) is 4.90 Å². The van der Waals surface area contributed by atoms with E-state index in [1.54, 1.807) is 0 Å². The highest BCUT2D eigenvalue weighted by molar-refractivity contribution is 9.10. The summed E-state index contributed by atoms with van der Waals surface area (Å²) in [6, 6.07) is 22.3. The average Bonchev–Trinajstić information content (AvgIpc) is 2.73. The smallest absolute Gasteiger partial charge is 0.127 e. The minimum absolute atomic E-state index is 0. The second-order valence-corrected chi connectivity index (χ2v) is 8.03. The maximum absolute atomic E-state index is 10.5. The number of morpholine rings is 1. The lowest BCUT2D eigenvalue weighted by molar-refractivity contribution is -0.0459. The van der Waals surface area contributed by atoms with Crippen molar-refractivity contribution in [2.24, 2.45) is 0 Å². The van der Waals surface area contributed by atoms with Crippen LogP contribution < -0.4 is 4.74 Å². The Bertz CT molecular complexity index is 916. The molecule has 2 unspecified atom stereocenters. The fourth-order valence-corrected chi connectivity index (χ4v) is 3.87. The van der Waals surface area contributed by atoms with Gasteiger partial charge in [0.25, 0.3) is 0 Å². The van der Waals surface area contributed by atoms with Gasteiger partial charge in [-0.15, -0.1) is 12.4 Å². The van der Waals surface area contributed by atoms with Crippen LogP contribution in [0.4, 0.5) is 0 Å². The molecular formula is C23H25BrClNO3. The SMILES string of the molecule is Cl.OC(COc1cccc2ccccc12)CN1CCOC(c2ccc(Br)cc2)C1. The first kappa shape index (κ1) is 22.1. The Labute approximate surface area is 186 Å². The molecule has 1 aliphatic heterocycles. The van der Waals surface area contributed by atoms with E-state index in [9.17, 15) is 5.11 Å². The molecule has 1 heterocycles. The molecule has 154 valence electrons. The average molecular weight is 479 g/mol. The molecule has 3 aromatic carbocycles. The third kappa shape index (κ3) is 5.71. The van der Waals surface area contributed by atoms with Gasteiger partial charge in [-0.3, -0.25) is 4.90 Å². The minimum Gasteiger partial charge on any atom is -0.490 e. The zero-order valence-electron chi connectivity index (χ0n) is 16.0. The van der Waals surface area contributed by atoms with Crippen molar-refractivity contribution < 1.29 is 14.6 Å². The van der Waals surface area contributed by atoms with E-state index in [-0.39, 0.29) is 25.1 Å². The highest BCUT2D eigenvalue weighted by atomic mass is 79.9. The molecule has 0 bridgehead atoms. The van der Waals surface area contributed by atoms with E-state index in [2.05, 4.69) is 45.1 Å². The molecular weight excluding hydrogens is 454 g/mol. The molecule has 4 rings (SSSR count). The Morgan fingerprint density at radius 3 is 2.66 bits per heavy atom. The van der Waals surface area contributed by atoms with Gasteiger partial charge in [-0.2, -0.15) is 0 Å². The number of benzene rings is 3. The van der Waals surface area contributed by atoms with E-state index in [0.717, 1.165) is 39.6 Å². The molecule has 3 aromatic rings. The summed E-state index contributed by atoms with van der Waals surface area (Å²) in [5.74, 6) is 0.812. The number of aliphatic hydroxyl groups excluding tert-OH is 1. The van der Waals surface area contributed by atoms with Crippen LogP contribution in [0, 0.1) is 0 Å². The number of ether oxygens (including phenoxy) is 2. The topological polar surface area (TPSA) is 41.9 Å². The third-order valence-electron chi connectivity index (χ3n) is 5.04. The highest BCUT2D eigenvalue weighted by Gasteiger charge is 2.23. The van der Waals surface area contributed by atoms with Crippen molar-refractivity contribution in [1.29, 1.82) is 0 Å². The summed E-state index contributed by atoms with van der Waals surface area (Å²) in [4.78, 5) is 2.24. The Morgan fingerprint density at radius 1 is 1.07 bits per heavy atom. The van der Waals surface area contributed by atoms with Crippen LogP contribution >= 0.6 is 28.3 Å². The van der Waals surface area contributed by atoms with Gasteiger partial charge < -0.3 is 14.6 Å². The largest absolute Gasteiger partial charge is 0.490 e. The molecule has 0 amide bonds. The summed E-state index contributed by atoms with van der Waals surface area (Å²) < 4.78 is 12.9. The monoisotopic (exact) mass is 477 g/mol. The first-order valence-corrected chi connectivity index (χ1v) is 10.4. The van der Waals surface area contributed by atoms with E-state index >= 15 is 0 Å². The lowest BCUT2D eigenvalue weighted by Crippen LogP contribution is -2.43. The molecule has 1 N–H and O–H groups in total. The van der Waals surface area contributed by atoms with Crippen LogP contribution in [0.25, 0.3) is 10.8 Å². The van der Waals surface area contributed by atoms with Crippen molar-refractivity contribution >= 4 is 39.1 Å². The van der Waals surface area contributed by atoms with E-state index in [4.69, 9.17) is 9.47 Å². The Kier molecular flexibility index (Phi) is 7.92. The maximum atomic E-state index is 10.5.